The molecule has 1 unspecified atom stereocenters. The molecule has 0 radical (unpaired) electrons. The SMILES string of the molecule is CN1C=NCC(c2ccccc2)C1.Cl. The number of hydrogen-bond donors (Lipinski definition) is 0. The third kappa shape index (κ3) is 2.48. The number of hydrogen-bond acceptors (Lipinski definition) is 2. The number of aliphatic imine (C=N–C) groups is 1. The van der Waals surface area contributed by atoms with Crippen molar-refractivity contribution in [3.05, 3.63) is 35.9 Å². The maximum absolute atomic E-state index is 4.32. The molecule has 0 N–H and O–H groups in total. The summed E-state index contributed by atoms with van der Waals surface area (Å²) < 4.78 is 0. The molecule has 0 aliphatic carbocycles. The topological polar surface area (TPSA) is 15.6 Å². The third-order valence-corrected chi connectivity index (χ3v) is 2.38. The van der Waals surface area contributed by atoms with E-state index in [0.29, 0.717) is 5.92 Å². The number of benzene rings is 1. The molecule has 1 aromatic rings. The minimum absolute atomic E-state index is 0. The van der Waals surface area contributed by atoms with E-state index >= 15 is 0 Å². The van der Waals surface area contributed by atoms with Gasteiger partial charge in [0.1, 0.15) is 0 Å². The smallest absolute Gasteiger partial charge is 0.0847 e. The van der Waals surface area contributed by atoms with E-state index < -0.39 is 0 Å². The molecule has 0 aromatic heterocycles. The van der Waals surface area contributed by atoms with Crippen molar-refractivity contribution in [1.82, 2.24) is 4.90 Å². The standard InChI is InChI=1S/C11H14N2.ClH/c1-13-8-11(7-12-9-13)10-5-3-2-4-6-10;/h2-6,9,11H,7-8H2,1H3;1H. The first-order valence-corrected chi connectivity index (χ1v) is 4.61. The Morgan fingerprint density at radius 2 is 2.00 bits per heavy atom. The zero-order chi connectivity index (χ0) is 9.10. The lowest BCUT2D eigenvalue weighted by molar-refractivity contribution is 0.440. The summed E-state index contributed by atoms with van der Waals surface area (Å²) in [6.07, 6.45) is 1.92. The summed E-state index contributed by atoms with van der Waals surface area (Å²) >= 11 is 0. The highest BCUT2D eigenvalue weighted by Gasteiger charge is 2.14. The lowest BCUT2D eigenvalue weighted by Gasteiger charge is -2.25. The maximum Gasteiger partial charge on any atom is 0.0847 e. The van der Waals surface area contributed by atoms with Crippen LogP contribution in [0.4, 0.5) is 0 Å². The molecule has 76 valence electrons. The lowest BCUT2D eigenvalue weighted by Crippen LogP contribution is -2.29. The van der Waals surface area contributed by atoms with Crippen molar-refractivity contribution in [2.24, 2.45) is 4.99 Å². The highest BCUT2D eigenvalue weighted by atomic mass is 35.5. The zero-order valence-electron chi connectivity index (χ0n) is 8.26. The van der Waals surface area contributed by atoms with Gasteiger partial charge in [0.2, 0.25) is 0 Å². The molecule has 0 fully saturated rings. The summed E-state index contributed by atoms with van der Waals surface area (Å²) in [6, 6.07) is 10.6. The first-order valence-electron chi connectivity index (χ1n) is 4.61. The second-order valence-electron chi connectivity index (χ2n) is 3.53. The summed E-state index contributed by atoms with van der Waals surface area (Å²) in [7, 11) is 2.07. The predicted octanol–water partition coefficient (Wildman–Crippen LogP) is 2.17. The van der Waals surface area contributed by atoms with Gasteiger partial charge in [0.05, 0.1) is 6.34 Å². The van der Waals surface area contributed by atoms with Crippen LogP contribution in [0.5, 0.6) is 0 Å². The Morgan fingerprint density at radius 1 is 1.29 bits per heavy atom. The summed E-state index contributed by atoms with van der Waals surface area (Å²) in [4.78, 5) is 6.46. The Hall–Kier alpha value is -1.02. The Balaban J connectivity index is 0.000000980. The molecule has 1 atom stereocenters. The Bertz CT molecular complexity index is 297. The van der Waals surface area contributed by atoms with Gasteiger partial charge in [0.25, 0.3) is 0 Å². The molecular formula is C11H15ClN2. The third-order valence-electron chi connectivity index (χ3n) is 2.38. The van der Waals surface area contributed by atoms with E-state index in [-0.39, 0.29) is 12.4 Å². The first kappa shape index (κ1) is 11.1. The molecule has 0 saturated heterocycles. The van der Waals surface area contributed by atoms with Gasteiger partial charge >= 0.3 is 0 Å². The van der Waals surface area contributed by atoms with E-state index in [9.17, 15) is 0 Å². The summed E-state index contributed by atoms with van der Waals surface area (Å²) in [5, 5.41) is 0. The van der Waals surface area contributed by atoms with Gasteiger partial charge in [-0.2, -0.15) is 0 Å². The van der Waals surface area contributed by atoms with Crippen LogP contribution in [0.2, 0.25) is 0 Å². The van der Waals surface area contributed by atoms with E-state index in [1.807, 2.05) is 6.34 Å². The molecule has 1 heterocycles. The monoisotopic (exact) mass is 210 g/mol. The van der Waals surface area contributed by atoms with Crippen LogP contribution in [0.15, 0.2) is 35.3 Å². The summed E-state index contributed by atoms with van der Waals surface area (Å²) in [5.41, 5.74) is 1.39. The minimum Gasteiger partial charge on any atom is -0.365 e. The van der Waals surface area contributed by atoms with E-state index in [1.54, 1.807) is 0 Å². The molecule has 0 saturated carbocycles. The highest BCUT2D eigenvalue weighted by molar-refractivity contribution is 5.85. The number of halogens is 1. The summed E-state index contributed by atoms with van der Waals surface area (Å²) in [6.45, 7) is 2.00. The van der Waals surface area contributed by atoms with Gasteiger partial charge in [0.15, 0.2) is 0 Å². The van der Waals surface area contributed by atoms with Crippen LogP contribution in [0, 0.1) is 0 Å². The fourth-order valence-electron chi connectivity index (χ4n) is 1.70. The minimum atomic E-state index is 0. The van der Waals surface area contributed by atoms with E-state index in [0.717, 1.165) is 13.1 Å². The van der Waals surface area contributed by atoms with E-state index in [2.05, 4.69) is 47.3 Å². The van der Waals surface area contributed by atoms with Crippen LogP contribution in [0.25, 0.3) is 0 Å². The van der Waals surface area contributed by atoms with Crippen molar-refractivity contribution in [2.45, 2.75) is 5.92 Å². The molecule has 2 rings (SSSR count). The summed E-state index contributed by atoms with van der Waals surface area (Å²) in [5.74, 6) is 0.566. The van der Waals surface area contributed by atoms with Crippen molar-refractivity contribution in [3.63, 3.8) is 0 Å². The quantitative estimate of drug-likeness (QED) is 0.694. The molecule has 0 amide bonds. The lowest BCUT2D eigenvalue weighted by atomic mass is 9.98. The van der Waals surface area contributed by atoms with Crippen molar-refractivity contribution in [3.8, 4) is 0 Å². The van der Waals surface area contributed by atoms with Crippen molar-refractivity contribution >= 4 is 18.7 Å². The van der Waals surface area contributed by atoms with Crippen LogP contribution >= 0.6 is 12.4 Å². The van der Waals surface area contributed by atoms with Crippen LogP contribution in [-0.2, 0) is 0 Å². The van der Waals surface area contributed by atoms with Gasteiger partial charge in [-0.05, 0) is 5.56 Å². The number of nitrogens with zero attached hydrogens (tertiary/aromatic N) is 2. The van der Waals surface area contributed by atoms with Crippen LogP contribution in [0.3, 0.4) is 0 Å². The second kappa shape index (κ2) is 5.01. The van der Waals surface area contributed by atoms with Crippen LogP contribution in [0.1, 0.15) is 11.5 Å². The number of rotatable bonds is 1. The zero-order valence-corrected chi connectivity index (χ0v) is 9.07. The van der Waals surface area contributed by atoms with E-state index in [4.69, 9.17) is 0 Å². The fourth-order valence-corrected chi connectivity index (χ4v) is 1.70. The van der Waals surface area contributed by atoms with Gasteiger partial charge in [-0.1, -0.05) is 30.3 Å². The van der Waals surface area contributed by atoms with Gasteiger partial charge < -0.3 is 4.90 Å². The second-order valence-corrected chi connectivity index (χ2v) is 3.53. The largest absolute Gasteiger partial charge is 0.365 e. The Kier molecular flexibility index (Phi) is 3.96. The van der Waals surface area contributed by atoms with Crippen molar-refractivity contribution < 1.29 is 0 Å². The van der Waals surface area contributed by atoms with Crippen LogP contribution in [-0.4, -0.2) is 31.4 Å². The Morgan fingerprint density at radius 3 is 2.64 bits per heavy atom. The van der Waals surface area contributed by atoms with Crippen LogP contribution < -0.4 is 0 Å². The average molecular weight is 211 g/mol. The van der Waals surface area contributed by atoms with Gasteiger partial charge in [-0.15, -0.1) is 12.4 Å². The number of likely N-dealkylation sites (N-methyl/N-ethyl adjacent to an activating group) is 1. The molecule has 3 heteroatoms. The van der Waals surface area contributed by atoms with Crippen molar-refractivity contribution in [1.29, 1.82) is 0 Å². The van der Waals surface area contributed by atoms with E-state index in [1.165, 1.54) is 5.56 Å². The first-order chi connectivity index (χ1) is 6.36. The predicted molar refractivity (Wildman–Crippen MR) is 62.4 cm³/mol. The highest BCUT2D eigenvalue weighted by Crippen LogP contribution is 2.18. The molecule has 1 aromatic carbocycles. The molecule has 0 spiro atoms. The van der Waals surface area contributed by atoms with Crippen molar-refractivity contribution in [2.75, 3.05) is 20.1 Å². The molecule has 0 bridgehead atoms. The molecule has 1 aliphatic heterocycles. The molecule has 2 nitrogen and oxygen atoms in total. The maximum atomic E-state index is 4.32. The van der Waals surface area contributed by atoms with Gasteiger partial charge in [0, 0.05) is 26.1 Å². The molecule has 1 aliphatic rings. The van der Waals surface area contributed by atoms with Gasteiger partial charge in [-0.3, -0.25) is 4.99 Å². The Labute approximate surface area is 91.1 Å². The van der Waals surface area contributed by atoms with Gasteiger partial charge in [-0.25, -0.2) is 0 Å². The average Bonchev–Trinajstić information content (AvgIpc) is 2.19. The fraction of sp³-hybridized carbons (Fsp3) is 0.364. The molecular weight excluding hydrogens is 196 g/mol. The normalized spacial score (nSPS) is 20.4. The molecule has 14 heavy (non-hydrogen) atoms.